The van der Waals surface area contributed by atoms with Crippen molar-refractivity contribution in [1.29, 1.82) is 0 Å². The molecule has 0 saturated carbocycles. The summed E-state index contributed by atoms with van der Waals surface area (Å²) in [7, 11) is 0. The molecule has 1 atom stereocenters. The van der Waals surface area contributed by atoms with Crippen LogP contribution in [0.15, 0.2) is 0 Å². The van der Waals surface area contributed by atoms with Crippen molar-refractivity contribution in [1.82, 2.24) is 5.32 Å². The van der Waals surface area contributed by atoms with E-state index in [1.807, 2.05) is 0 Å². The first kappa shape index (κ1) is 11.4. The minimum atomic E-state index is -1.02. The van der Waals surface area contributed by atoms with Gasteiger partial charge >= 0.3 is 12.0 Å². The summed E-state index contributed by atoms with van der Waals surface area (Å²) < 4.78 is 0. The number of ketones is 1. The molecule has 2 amide bonds. The molecule has 0 aliphatic rings. The molecule has 0 heterocycles. The SMILES string of the molecule is CC(=O)[C@H](CCC(=O)O)NC(N)=O. The average molecular weight is 188 g/mol. The molecule has 0 rings (SSSR count). The predicted octanol–water partition coefficient (Wildman–Crippen LogP) is -0.523. The van der Waals surface area contributed by atoms with E-state index in [0.29, 0.717) is 0 Å². The zero-order valence-corrected chi connectivity index (χ0v) is 7.24. The maximum absolute atomic E-state index is 10.8. The number of nitrogens with one attached hydrogen (secondary N) is 1. The molecular formula is C7H12N2O4. The van der Waals surface area contributed by atoms with Crippen LogP contribution in [0.4, 0.5) is 4.79 Å². The molecular weight excluding hydrogens is 176 g/mol. The number of amides is 2. The number of carboxylic acids is 1. The van der Waals surface area contributed by atoms with Crippen molar-refractivity contribution in [2.45, 2.75) is 25.8 Å². The second kappa shape index (κ2) is 5.13. The number of rotatable bonds is 5. The Morgan fingerprint density at radius 3 is 2.31 bits per heavy atom. The van der Waals surface area contributed by atoms with E-state index < -0.39 is 18.0 Å². The molecule has 4 N–H and O–H groups in total. The van der Waals surface area contributed by atoms with Crippen LogP contribution in [-0.2, 0) is 9.59 Å². The van der Waals surface area contributed by atoms with E-state index in [-0.39, 0.29) is 18.6 Å². The summed E-state index contributed by atoms with van der Waals surface area (Å²) in [6, 6.07) is -1.63. The molecule has 0 aliphatic heterocycles. The van der Waals surface area contributed by atoms with Gasteiger partial charge in [-0.2, -0.15) is 0 Å². The summed E-state index contributed by atoms with van der Waals surface area (Å²) >= 11 is 0. The number of primary amides is 1. The van der Waals surface area contributed by atoms with Crippen molar-refractivity contribution < 1.29 is 19.5 Å². The van der Waals surface area contributed by atoms with Crippen molar-refractivity contribution in [2.24, 2.45) is 5.73 Å². The number of nitrogens with two attached hydrogens (primary N) is 1. The lowest BCUT2D eigenvalue weighted by Crippen LogP contribution is -2.42. The molecule has 0 unspecified atom stereocenters. The van der Waals surface area contributed by atoms with E-state index in [2.05, 4.69) is 5.32 Å². The molecule has 0 aromatic rings. The fourth-order valence-electron chi connectivity index (χ4n) is 0.817. The minimum absolute atomic E-state index is 0.0631. The molecule has 0 radical (unpaired) electrons. The van der Waals surface area contributed by atoms with E-state index in [1.54, 1.807) is 0 Å². The van der Waals surface area contributed by atoms with Crippen LogP contribution >= 0.6 is 0 Å². The van der Waals surface area contributed by atoms with Crippen LogP contribution in [0.25, 0.3) is 0 Å². The maximum atomic E-state index is 10.8. The second-order valence-electron chi connectivity index (χ2n) is 2.60. The van der Waals surface area contributed by atoms with Gasteiger partial charge in [0.05, 0.1) is 6.04 Å². The van der Waals surface area contributed by atoms with Gasteiger partial charge in [0.25, 0.3) is 0 Å². The van der Waals surface area contributed by atoms with Crippen LogP contribution in [0.2, 0.25) is 0 Å². The Balaban J connectivity index is 4.02. The molecule has 0 aromatic carbocycles. The lowest BCUT2D eigenvalue weighted by molar-refractivity contribution is -0.137. The number of hydrogen-bond donors (Lipinski definition) is 3. The fraction of sp³-hybridized carbons (Fsp3) is 0.571. The molecule has 0 aliphatic carbocycles. The first-order chi connectivity index (χ1) is 5.93. The zero-order chi connectivity index (χ0) is 10.4. The summed E-state index contributed by atoms with van der Waals surface area (Å²) in [5, 5.41) is 10.5. The molecule has 0 spiro atoms. The van der Waals surface area contributed by atoms with E-state index in [9.17, 15) is 14.4 Å². The first-order valence-corrected chi connectivity index (χ1v) is 3.71. The van der Waals surface area contributed by atoms with Gasteiger partial charge in [-0.15, -0.1) is 0 Å². The van der Waals surface area contributed by atoms with Crippen LogP contribution in [0.1, 0.15) is 19.8 Å². The molecule has 0 saturated heterocycles. The third-order valence-corrected chi connectivity index (χ3v) is 1.45. The summed E-state index contributed by atoms with van der Waals surface area (Å²) in [6.45, 7) is 1.27. The zero-order valence-electron chi connectivity index (χ0n) is 7.24. The van der Waals surface area contributed by atoms with E-state index in [4.69, 9.17) is 10.8 Å². The lowest BCUT2D eigenvalue weighted by atomic mass is 10.1. The summed E-state index contributed by atoms with van der Waals surface area (Å²) in [6.07, 6.45) is -0.113. The Bertz CT molecular complexity index is 227. The quantitative estimate of drug-likeness (QED) is 0.539. The molecule has 6 heteroatoms. The van der Waals surface area contributed by atoms with Crippen molar-refractivity contribution in [3.8, 4) is 0 Å². The number of hydrogen-bond acceptors (Lipinski definition) is 3. The smallest absolute Gasteiger partial charge is 0.312 e. The number of carbonyl (C=O) groups excluding carboxylic acids is 2. The Hall–Kier alpha value is -1.59. The topological polar surface area (TPSA) is 109 Å². The van der Waals surface area contributed by atoms with Crippen molar-refractivity contribution in [3.05, 3.63) is 0 Å². The standard InChI is InChI=1S/C7H12N2O4/c1-4(10)5(9-7(8)13)2-3-6(11)12/h5H,2-3H2,1H3,(H,11,12)(H3,8,9,13)/t5-/m0/s1. The Morgan fingerprint density at radius 2 is 2.00 bits per heavy atom. The fourth-order valence-corrected chi connectivity index (χ4v) is 0.817. The molecule has 13 heavy (non-hydrogen) atoms. The Kier molecular flexibility index (Phi) is 4.50. The number of aliphatic carboxylic acids is 1. The number of Topliss-reactive ketones (excluding diaryl/α,β-unsaturated/α-hetero) is 1. The highest BCUT2D eigenvalue weighted by atomic mass is 16.4. The van der Waals surface area contributed by atoms with Crippen molar-refractivity contribution in [2.75, 3.05) is 0 Å². The molecule has 0 fully saturated rings. The summed E-state index contributed by atoms with van der Waals surface area (Å²) in [4.78, 5) is 31.4. The van der Waals surface area contributed by atoms with Crippen molar-refractivity contribution >= 4 is 17.8 Å². The lowest BCUT2D eigenvalue weighted by Gasteiger charge is -2.12. The third-order valence-electron chi connectivity index (χ3n) is 1.45. The van der Waals surface area contributed by atoms with Crippen LogP contribution in [0.5, 0.6) is 0 Å². The number of carboxylic acid groups (broad SMARTS) is 1. The monoisotopic (exact) mass is 188 g/mol. The highest BCUT2D eigenvalue weighted by molar-refractivity contribution is 5.86. The van der Waals surface area contributed by atoms with Gasteiger partial charge in [-0.3, -0.25) is 9.59 Å². The Labute approximate surface area is 75.1 Å². The van der Waals surface area contributed by atoms with Gasteiger partial charge in [-0.05, 0) is 13.3 Å². The largest absolute Gasteiger partial charge is 0.481 e. The minimum Gasteiger partial charge on any atom is -0.481 e. The van der Waals surface area contributed by atoms with Gasteiger partial charge in [0.1, 0.15) is 0 Å². The molecule has 0 bridgehead atoms. The first-order valence-electron chi connectivity index (χ1n) is 3.71. The number of carbonyl (C=O) groups is 3. The number of urea groups is 1. The van der Waals surface area contributed by atoms with Gasteiger partial charge in [-0.25, -0.2) is 4.79 Å². The van der Waals surface area contributed by atoms with E-state index >= 15 is 0 Å². The normalized spacial score (nSPS) is 11.8. The van der Waals surface area contributed by atoms with Gasteiger partial charge in [0.15, 0.2) is 5.78 Å². The van der Waals surface area contributed by atoms with Gasteiger partial charge in [0, 0.05) is 6.42 Å². The summed E-state index contributed by atoms with van der Waals surface area (Å²) in [5.74, 6) is -1.32. The van der Waals surface area contributed by atoms with Crippen LogP contribution < -0.4 is 11.1 Å². The van der Waals surface area contributed by atoms with Gasteiger partial charge in [-0.1, -0.05) is 0 Å². The van der Waals surface area contributed by atoms with Crippen LogP contribution in [-0.4, -0.2) is 28.9 Å². The van der Waals surface area contributed by atoms with E-state index in [0.717, 1.165) is 0 Å². The predicted molar refractivity (Wildman–Crippen MR) is 44.1 cm³/mol. The Morgan fingerprint density at radius 1 is 1.46 bits per heavy atom. The van der Waals surface area contributed by atoms with Gasteiger partial charge < -0.3 is 16.2 Å². The molecule has 0 aromatic heterocycles. The third kappa shape index (κ3) is 5.66. The van der Waals surface area contributed by atoms with Crippen LogP contribution in [0.3, 0.4) is 0 Å². The van der Waals surface area contributed by atoms with Crippen molar-refractivity contribution in [3.63, 3.8) is 0 Å². The average Bonchev–Trinajstić information content (AvgIpc) is 1.96. The van der Waals surface area contributed by atoms with Crippen LogP contribution in [0, 0.1) is 0 Å². The highest BCUT2D eigenvalue weighted by Crippen LogP contribution is 1.98. The highest BCUT2D eigenvalue weighted by Gasteiger charge is 2.16. The van der Waals surface area contributed by atoms with E-state index in [1.165, 1.54) is 6.92 Å². The van der Waals surface area contributed by atoms with Gasteiger partial charge in [0.2, 0.25) is 0 Å². The molecule has 6 nitrogen and oxygen atoms in total. The second-order valence-corrected chi connectivity index (χ2v) is 2.60. The molecule has 74 valence electrons. The summed E-state index contributed by atoms with van der Waals surface area (Å²) in [5.41, 5.74) is 4.79. The maximum Gasteiger partial charge on any atom is 0.312 e.